The lowest BCUT2D eigenvalue weighted by molar-refractivity contribution is -0.118. The highest BCUT2D eigenvalue weighted by atomic mass is 35.5. The Morgan fingerprint density at radius 2 is 1.83 bits per heavy atom. The molecule has 0 aromatic heterocycles. The maximum Gasteiger partial charge on any atom is 0.341 e. The van der Waals surface area contributed by atoms with E-state index in [1.54, 1.807) is 30.3 Å². The largest absolute Gasteiger partial charge is 0.483 e. The van der Waals surface area contributed by atoms with E-state index in [0.717, 1.165) is 5.56 Å². The van der Waals surface area contributed by atoms with Crippen LogP contribution in [0.25, 0.3) is 0 Å². The van der Waals surface area contributed by atoms with Crippen LogP contribution in [0.1, 0.15) is 15.9 Å². The molecule has 0 atom stereocenters. The Morgan fingerprint density at radius 1 is 1.08 bits per heavy atom. The van der Waals surface area contributed by atoms with Crippen LogP contribution in [0.4, 0.5) is 5.69 Å². The minimum Gasteiger partial charge on any atom is -0.483 e. The number of ether oxygens (including phenoxy) is 2. The maximum atomic E-state index is 12.0. The van der Waals surface area contributed by atoms with Gasteiger partial charge in [0.25, 0.3) is 5.91 Å². The molecule has 0 fully saturated rings. The lowest BCUT2D eigenvalue weighted by atomic mass is 10.1. The summed E-state index contributed by atoms with van der Waals surface area (Å²) in [4.78, 5) is 23.7. The van der Waals surface area contributed by atoms with Crippen LogP contribution >= 0.6 is 23.2 Å². The van der Waals surface area contributed by atoms with E-state index in [1.165, 1.54) is 13.2 Å². The second kappa shape index (κ2) is 8.04. The van der Waals surface area contributed by atoms with Crippen LogP contribution in [0, 0.1) is 6.92 Å². The molecule has 0 unspecified atom stereocenters. The Labute approximate surface area is 149 Å². The Kier molecular flexibility index (Phi) is 6.06. The van der Waals surface area contributed by atoms with Gasteiger partial charge >= 0.3 is 5.97 Å². The number of benzene rings is 2. The number of methoxy groups -OCH3 is 1. The third-order valence-electron chi connectivity index (χ3n) is 3.10. The van der Waals surface area contributed by atoms with Crippen molar-refractivity contribution in [3.8, 4) is 5.75 Å². The summed E-state index contributed by atoms with van der Waals surface area (Å²) in [6.45, 7) is 1.57. The van der Waals surface area contributed by atoms with Gasteiger partial charge in [-0.15, -0.1) is 0 Å². The molecular weight excluding hydrogens is 353 g/mol. The fourth-order valence-corrected chi connectivity index (χ4v) is 2.25. The number of hydrogen-bond donors (Lipinski definition) is 1. The van der Waals surface area contributed by atoms with Crippen LogP contribution in [-0.2, 0) is 9.53 Å². The van der Waals surface area contributed by atoms with E-state index in [9.17, 15) is 9.59 Å². The van der Waals surface area contributed by atoms with E-state index in [4.69, 9.17) is 32.7 Å². The molecule has 2 aromatic carbocycles. The second-order valence-corrected chi connectivity index (χ2v) is 5.77. The van der Waals surface area contributed by atoms with Gasteiger partial charge in [0.05, 0.1) is 17.2 Å². The topological polar surface area (TPSA) is 64.6 Å². The molecule has 0 aliphatic carbocycles. The number of aryl methyl sites for hydroxylation is 1. The summed E-state index contributed by atoms with van der Waals surface area (Å²) >= 11 is 11.7. The number of hydrogen-bond acceptors (Lipinski definition) is 4. The number of carbonyl (C=O) groups is 2. The molecule has 5 nitrogen and oxygen atoms in total. The zero-order valence-electron chi connectivity index (χ0n) is 13.1. The summed E-state index contributed by atoms with van der Waals surface area (Å²) in [6, 6.07) is 9.77. The first-order valence-corrected chi connectivity index (χ1v) is 7.73. The Hall–Kier alpha value is -2.24. The van der Waals surface area contributed by atoms with Crippen molar-refractivity contribution in [3.05, 3.63) is 57.6 Å². The van der Waals surface area contributed by atoms with Crippen molar-refractivity contribution in [2.24, 2.45) is 0 Å². The minimum absolute atomic E-state index is 0.264. The van der Waals surface area contributed by atoms with Crippen LogP contribution in [0.2, 0.25) is 10.0 Å². The number of amides is 1. The van der Waals surface area contributed by atoms with Gasteiger partial charge in [-0.05, 0) is 37.3 Å². The standard InChI is InChI=1S/C17H15Cl2NO4/c1-10-3-6-15(12(7-10)17(22)23-2)24-9-16(21)20-11-4-5-13(18)14(19)8-11/h3-8H,9H2,1-2H3,(H,20,21). The fraction of sp³-hybridized carbons (Fsp3) is 0.176. The predicted octanol–water partition coefficient (Wildman–Crippen LogP) is 4.11. The average Bonchev–Trinajstić information content (AvgIpc) is 2.56. The molecule has 0 heterocycles. The molecule has 0 radical (unpaired) electrons. The lowest BCUT2D eigenvalue weighted by Crippen LogP contribution is -2.21. The van der Waals surface area contributed by atoms with E-state index in [1.807, 2.05) is 6.92 Å². The molecule has 0 spiro atoms. The second-order valence-electron chi connectivity index (χ2n) is 4.96. The van der Waals surface area contributed by atoms with Crippen molar-refractivity contribution in [2.45, 2.75) is 6.92 Å². The zero-order chi connectivity index (χ0) is 17.7. The van der Waals surface area contributed by atoms with Gasteiger partial charge in [0.1, 0.15) is 11.3 Å². The molecule has 2 aromatic rings. The van der Waals surface area contributed by atoms with E-state index >= 15 is 0 Å². The van der Waals surface area contributed by atoms with Gasteiger partial charge in [-0.25, -0.2) is 4.79 Å². The SMILES string of the molecule is COC(=O)c1cc(C)ccc1OCC(=O)Nc1ccc(Cl)c(Cl)c1. The lowest BCUT2D eigenvalue weighted by Gasteiger charge is -2.11. The van der Waals surface area contributed by atoms with E-state index in [-0.39, 0.29) is 17.9 Å². The summed E-state index contributed by atoms with van der Waals surface area (Å²) in [6.07, 6.45) is 0. The molecule has 0 aliphatic heterocycles. The van der Waals surface area contributed by atoms with Crippen molar-refractivity contribution >= 4 is 40.8 Å². The number of nitrogens with one attached hydrogen (secondary N) is 1. The summed E-state index contributed by atoms with van der Waals surface area (Å²) < 4.78 is 10.1. The van der Waals surface area contributed by atoms with Crippen LogP contribution < -0.4 is 10.1 Å². The summed E-state index contributed by atoms with van der Waals surface area (Å²) in [7, 11) is 1.28. The summed E-state index contributed by atoms with van der Waals surface area (Å²) in [5, 5.41) is 3.36. The first-order chi connectivity index (χ1) is 11.4. The van der Waals surface area contributed by atoms with Crippen LogP contribution in [0.5, 0.6) is 5.75 Å². The predicted molar refractivity (Wildman–Crippen MR) is 93.1 cm³/mol. The van der Waals surface area contributed by atoms with E-state index in [2.05, 4.69) is 5.32 Å². The molecule has 126 valence electrons. The van der Waals surface area contributed by atoms with Gasteiger partial charge in [0, 0.05) is 5.69 Å². The number of carbonyl (C=O) groups excluding carboxylic acids is 2. The molecule has 24 heavy (non-hydrogen) atoms. The third kappa shape index (κ3) is 4.63. The molecule has 0 bridgehead atoms. The monoisotopic (exact) mass is 367 g/mol. The van der Waals surface area contributed by atoms with E-state index < -0.39 is 11.9 Å². The quantitative estimate of drug-likeness (QED) is 0.807. The van der Waals surface area contributed by atoms with E-state index in [0.29, 0.717) is 15.7 Å². The van der Waals surface area contributed by atoms with Gasteiger partial charge in [-0.1, -0.05) is 34.8 Å². The van der Waals surface area contributed by atoms with Gasteiger partial charge < -0.3 is 14.8 Å². The molecule has 0 saturated heterocycles. The molecular formula is C17H15Cl2NO4. The van der Waals surface area contributed by atoms with Crippen LogP contribution in [-0.4, -0.2) is 25.6 Å². The Balaban J connectivity index is 2.03. The Morgan fingerprint density at radius 3 is 2.50 bits per heavy atom. The highest BCUT2D eigenvalue weighted by molar-refractivity contribution is 6.42. The number of anilines is 1. The number of esters is 1. The molecule has 2 rings (SSSR count). The molecule has 1 N–H and O–H groups in total. The maximum absolute atomic E-state index is 12.0. The first-order valence-electron chi connectivity index (χ1n) is 6.97. The van der Waals surface area contributed by atoms with Gasteiger partial charge in [0.15, 0.2) is 6.61 Å². The van der Waals surface area contributed by atoms with Crippen molar-refractivity contribution in [2.75, 3.05) is 19.0 Å². The molecule has 7 heteroatoms. The van der Waals surface area contributed by atoms with Crippen molar-refractivity contribution < 1.29 is 19.1 Å². The number of rotatable bonds is 5. The molecule has 0 saturated carbocycles. The average molecular weight is 368 g/mol. The highest BCUT2D eigenvalue weighted by Gasteiger charge is 2.14. The van der Waals surface area contributed by atoms with Gasteiger partial charge in [0.2, 0.25) is 0 Å². The Bertz CT molecular complexity index is 777. The first kappa shape index (κ1) is 18.1. The van der Waals surface area contributed by atoms with Gasteiger partial charge in [-0.3, -0.25) is 4.79 Å². The van der Waals surface area contributed by atoms with Crippen LogP contribution in [0.3, 0.4) is 0 Å². The van der Waals surface area contributed by atoms with Crippen molar-refractivity contribution in [1.82, 2.24) is 0 Å². The zero-order valence-corrected chi connectivity index (χ0v) is 14.6. The third-order valence-corrected chi connectivity index (χ3v) is 3.84. The normalized spacial score (nSPS) is 10.2. The minimum atomic E-state index is -0.529. The highest BCUT2D eigenvalue weighted by Crippen LogP contribution is 2.25. The smallest absolute Gasteiger partial charge is 0.341 e. The van der Waals surface area contributed by atoms with Crippen molar-refractivity contribution in [1.29, 1.82) is 0 Å². The number of halogens is 2. The fourth-order valence-electron chi connectivity index (χ4n) is 1.95. The molecule has 0 aliphatic rings. The summed E-state index contributed by atoms with van der Waals surface area (Å²) in [5.74, 6) is -0.653. The van der Waals surface area contributed by atoms with Gasteiger partial charge in [-0.2, -0.15) is 0 Å². The van der Waals surface area contributed by atoms with Crippen molar-refractivity contribution in [3.63, 3.8) is 0 Å². The summed E-state index contributed by atoms with van der Waals surface area (Å²) in [5.41, 5.74) is 1.64. The van der Waals surface area contributed by atoms with Crippen LogP contribution in [0.15, 0.2) is 36.4 Å². The molecule has 1 amide bonds.